The normalized spacial score (nSPS) is 10.3. The molecule has 1 aromatic heterocycles. The largest absolute Gasteiger partial charge is 0.381 e. The summed E-state index contributed by atoms with van der Waals surface area (Å²) in [5.74, 6) is -2.07. The van der Waals surface area contributed by atoms with Crippen LogP contribution in [0.4, 0.5) is 20.2 Å². The fraction of sp³-hybridized carbons (Fsp3) is 0.0833. The average molecular weight is 300 g/mol. The topological polar surface area (TPSA) is 68.1 Å². The summed E-state index contributed by atoms with van der Waals surface area (Å²) in [5.41, 5.74) is -0.224. The number of pyridine rings is 1. The molecule has 0 fully saturated rings. The van der Waals surface area contributed by atoms with Gasteiger partial charge < -0.3 is 5.32 Å². The van der Waals surface area contributed by atoms with Gasteiger partial charge in [0.15, 0.2) is 0 Å². The highest BCUT2D eigenvalue weighted by Crippen LogP contribution is 2.22. The van der Waals surface area contributed by atoms with E-state index in [9.17, 15) is 18.9 Å². The Balaban J connectivity index is 2.21. The number of rotatable bonds is 4. The zero-order chi connectivity index (χ0) is 14.7. The third-order valence-corrected chi connectivity index (χ3v) is 2.73. The monoisotopic (exact) mass is 299 g/mol. The van der Waals surface area contributed by atoms with Crippen LogP contribution in [0.5, 0.6) is 0 Å². The molecule has 2 rings (SSSR count). The van der Waals surface area contributed by atoms with Gasteiger partial charge in [0.1, 0.15) is 11.0 Å². The van der Waals surface area contributed by atoms with Gasteiger partial charge in [0.25, 0.3) is 0 Å². The van der Waals surface area contributed by atoms with Crippen LogP contribution in [0.1, 0.15) is 5.56 Å². The van der Waals surface area contributed by atoms with Gasteiger partial charge in [0.05, 0.1) is 4.92 Å². The molecular weight excluding hydrogens is 292 g/mol. The third-order valence-electron chi connectivity index (χ3n) is 2.52. The number of hydrogen-bond donors (Lipinski definition) is 1. The summed E-state index contributed by atoms with van der Waals surface area (Å²) in [6.45, 7) is -0.0483. The van der Waals surface area contributed by atoms with Gasteiger partial charge in [-0.2, -0.15) is 4.39 Å². The summed E-state index contributed by atoms with van der Waals surface area (Å²) in [7, 11) is 0. The quantitative estimate of drug-likeness (QED) is 0.533. The summed E-state index contributed by atoms with van der Waals surface area (Å²) in [6.07, 6.45) is 1.45. The summed E-state index contributed by atoms with van der Waals surface area (Å²) >= 11 is 5.68. The number of benzene rings is 1. The van der Waals surface area contributed by atoms with Gasteiger partial charge in [-0.3, -0.25) is 10.1 Å². The van der Waals surface area contributed by atoms with Crippen LogP contribution in [0.3, 0.4) is 0 Å². The average Bonchev–Trinajstić information content (AvgIpc) is 2.37. The van der Waals surface area contributed by atoms with Crippen molar-refractivity contribution in [2.75, 3.05) is 5.32 Å². The molecule has 0 aliphatic carbocycles. The van der Waals surface area contributed by atoms with E-state index < -0.39 is 22.2 Å². The van der Waals surface area contributed by atoms with Gasteiger partial charge >= 0.3 is 5.69 Å². The van der Waals surface area contributed by atoms with Crippen molar-refractivity contribution < 1.29 is 13.7 Å². The molecule has 0 unspecified atom stereocenters. The van der Waals surface area contributed by atoms with Crippen molar-refractivity contribution in [2.45, 2.75) is 6.54 Å². The first-order valence-corrected chi connectivity index (χ1v) is 5.83. The highest BCUT2D eigenvalue weighted by Gasteiger charge is 2.18. The Morgan fingerprint density at radius 2 is 2.05 bits per heavy atom. The van der Waals surface area contributed by atoms with Gasteiger partial charge in [-0.05, 0) is 12.1 Å². The van der Waals surface area contributed by atoms with Crippen LogP contribution in [0.15, 0.2) is 30.5 Å². The molecule has 0 aliphatic heterocycles. The summed E-state index contributed by atoms with van der Waals surface area (Å²) in [6, 6.07) is 4.47. The highest BCUT2D eigenvalue weighted by molar-refractivity contribution is 6.29. The number of nitrogens with zero attached hydrogens (tertiary/aromatic N) is 2. The summed E-state index contributed by atoms with van der Waals surface area (Å²) in [5, 5.41) is 13.7. The minimum atomic E-state index is -1.21. The first-order valence-electron chi connectivity index (χ1n) is 5.45. The maximum Gasteiger partial charge on any atom is 0.305 e. The summed E-state index contributed by atoms with van der Waals surface area (Å²) in [4.78, 5) is 13.5. The molecule has 0 atom stereocenters. The molecule has 0 saturated heterocycles. The maximum absolute atomic E-state index is 13.5. The second-order valence-corrected chi connectivity index (χ2v) is 4.26. The van der Waals surface area contributed by atoms with E-state index in [1.165, 1.54) is 12.3 Å². The Morgan fingerprint density at radius 1 is 1.30 bits per heavy atom. The molecule has 1 aromatic carbocycles. The van der Waals surface area contributed by atoms with Crippen LogP contribution in [0, 0.1) is 21.7 Å². The Labute approximate surface area is 117 Å². The molecule has 1 heterocycles. The van der Waals surface area contributed by atoms with Gasteiger partial charge in [-0.1, -0.05) is 11.6 Å². The SMILES string of the molecule is O=[N+]([O-])c1cc(CNc2ccnc(Cl)c2)c(F)cc1F. The van der Waals surface area contributed by atoms with Crippen molar-refractivity contribution in [2.24, 2.45) is 0 Å². The fourth-order valence-electron chi connectivity index (χ4n) is 1.57. The lowest BCUT2D eigenvalue weighted by Gasteiger charge is -2.07. The van der Waals surface area contributed by atoms with E-state index in [4.69, 9.17) is 11.6 Å². The summed E-state index contributed by atoms with van der Waals surface area (Å²) < 4.78 is 26.7. The van der Waals surface area contributed by atoms with Gasteiger partial charge in [0, 0.05) is 36.1 Å². The van der Waals surface area contributed by atoms with Crippen LogP contribution in [-0.2, 0) is 6.54 Å². The second-order valence-electron chi connectivity index (χ2n) is 3.87. The maximum atomic E-state index is 13.5. The van der Waals surface area contributed by atoms with Gasteiger partial charge in [-0.25, -0.2) is 9.37 Å². The van der Waals surface area contributed by atoms with E-state index in [2.05, 4.69) is 10.3 Å². The Morgan fingerprint density at radius 3 is 2.70 bits per heavy atom. The molecule has 5 nitrogen and oxygen atoms in total. The van der Waals surface area contributed by atoms with Gasteiger partial charge in [-0.15, -0.1) is 0 Å². The van der Waals surface area contributed by atoms with Crippen LogP contribution in [0.25, 0.3) is 0 Å². The van der Waals surface area contributed by atoms with Crippen LogP contribution in [0.2, 0.25) is 5.15 Å². The minimum absolute atomic E-state index is 0.0222. The van der Waals surface area contributed by atoms with Crippen molar-refractivity contribution in [1.29, 1.82) is 0 Å². The lowest BCUT2D eigenvalue weighted by Crippen LogP contribution is -2.04. The predicted octanol–water partition coefficient (Wildman–Crippen LogP) is 3.53. The number of nitro groups is 1. The zero-order valence-corrected chi connectivity index (χ0v) is 10.7. The third kappa shape index (κ3) is 3.18. The number of aromatic nitrogens is 1. The lowest BCUT2D eigenvalue weighted by atomic mass is 10.1. The molecule has 1 N–H and O–H groups in total. The molecule has 0 aliphatic rings. The minimum Gasteiger partial charge on any atom is -0.381 e. The standard InChI is InChI=1S/C12H8ClF2N3O2/c13-12-4-8(1-2-16-12)17-6-7-3-11(18(19)20)10(15)5-9(7)14/h1-5H,6H2,(H,16,17). The van der Waals surface area contributed by atoms with Crippen molar-refractivity contribution in [3.05, 3.63) is 62.9 Å². The van der Waals surface area contributed by atoms with Crippen LogP contribution < -0.4 is 5.32 Å². The van der Waals surface area contributed by atoms with E-state index in [1.807, 2.05) is 0 Å². The molecule has 0 spiro atoms. The van der Waals surface area contributed by atoms with Crippen molar-refractivity contribution >= 4 is 23.0 Å². The van der Waals surface area contributed by atoms with E-state index in [1.54, 1.807) is 6.07 Å². The number of anilines is 1. The number of hydrogen-bond acceptors (Lipinski definition) is 4. The Bertz CT molecular complexity index is 667. The first-order chi connectivity index (χ1) is 9.47. The number of halogens is 3. The van der Waals surface area contributed by atoms with Crippen LogP contribution in [-0.4, -0.2) is 9.91 Å². The fourth-order valence-corrected chi connectivity index (χ4v) is 1.74. The van der Waals surface area contributed by atoms with Gasteiger partial charge in [0.2, 0.25) is 5.82 Å². The van der Waals surface area contributed by atoms with E-state index in [0.717, 1.165) is 6.07 Å². The molecule has 0 radical (unpaired) electrons. The molecule has 104 valence electrons. The van der Waals surface area contributed by atoms with E-state index >= 15 is 0 Å². The van der Waals surface area contributed by atoms with E-state index in [0.29, 0.717) is 11.8 Å². The van der Waals surface area contributed by atoms with Crippen LogP contribution >= 0.6 is 11.6 Å². The molecular formula is C12H8ClF2N3O2. The lowest BCUT2D eigenvalue weighted by molar-refractivity contribution is -0.387. The molecule has 0 saturated carbocycles. The van der Waals surface area contributed by atoms with E-state index in [-0.39, 0.29) is 17.3 Å². The van der Waals surface area contributed by atoms with Crippen molar-refractivity contribution in [1.82, 2.24) is 4.98 Å². The Kier molecular flexibility index (Phi) is 4.09. The number of nitro benzene ring substituents is 1. The molecule has 8 heteroatoms. The van der Waals surface area contributed by atoms with Crippen molar-refractivity contribution in [3.63, 3.8) is 0 Å². The zero-order valence-electron chi connectivity index (χ0n) is 9.94. The second kappa shape index (κ2) is 5.79. The molecule has 0 bridgehead atoms. The molecule has 2 aromatic rings. The predicted molar refractivity (Wildman–Crippen MR) is 69.6 cm³/mol. The molecule has 0 amide bonds. The molecule has 20 heavy (non-hydrogen) atoms. The smallest absolute Gasteiger partial charge is 0.305 e. The highest BCUT2D eigenvalue weighted by atomic mass is 35.5. The Hall–Kier alpha value is -2.28. The first kappa shape index (κ1) is 14.1. The number of nitrogens with one attached hydrogen (secondary N) is 1. The van der Waals surface area contributed by atoms with Crippen molar-refractivity contribution in [3.8, 4) is 0 Å².